The van der Waals surface area contributed by atoms with E-state index in [1.165, 1.54) is 10.9 Å². The number of hydrogen-bond donors (Lipinski definition) is 0. The number of hydrogen-bond acceptors (Lipinski definition) is 3. The number of halogens is 6. The Bertz CT molecular complexity index is 758. The van der Waals surface area contributed by atoms with Gasteiger partial charge in [-0.15, -0.1) is 0 Å². The van der Waals surface area contributed by atoms with Gasteiger partial charge in [-0.3, -0.25) is 9.48 Å². The molecule has 0 saturated heterocycles. The highest BCUT2D eigenvalue weighted by Crippen LogP contribution is 2.37. The van der Waals surface area contributed by atoms with Crippen molar-refractivity contribution >= 4 is 17.4 Å². The molecule has 0 aliphatic heterocycles. The number of alkyl halides is 5. The first-order chi connectivity index (χ1) is 11.1. The summed E-state index contributed by atoms with van der Waals surface area (Å²) in [5.74, 6) is -2.76. The van der Waals surface area contributed by atoms with Crippen LogP contribution in [0.1, 0.15) is 17.3 Å². The Labute approximate surface area is 137 Å². The lowest BCUT2D eigenvalue weighted by atomic mass is 10.0. The van der Waals surface area contributed by atoms with Crippen molar-refractivity contribution in [3.8, 4) is 17.0 Å². The number of ether oxygens (including phenoxy) is 1. The van der Waals surface area contributed by atoms with Crippen molar-refractivity contribution in [3.63, 3.8) is 0 Å². The summed E-state index contributed by atoms with van der Waals surface area (Å²) in [5, 5.41) is 4.03. The van der Waals surface area contributed by atoms with Gasteiger partial charge in [0.15, 0.2) is 0 Å². The van der Waals surface area contributed by atoms with E-state index in [1.807, 2.05) is 0 Å². The minimum absolute atomic E-state index is 0.00151. The van der Waals surface area contributed by atoms with Crippen LogP contribution in [0.3, 0.4) is 0 Å². The van der Waals surface area contributed by atoms with Gasteiger partial charge >= 0.3 is 12.8 Å². The molecule has 1 heterocycles. The van der Waals surface area contributed by atoms with Gasteiger partial charge in [0.1, 0.15) is 5.75 Å². The number of rotatable bonds is 5. The van der Waals surface area contributed by atoms with E-state index in [4.69, 9.17) is 11.6 Å². The summed E-state index contributed by atoms with van der Waals surface area (Å²) in [4.78, 5) is 11.3. The molecular formula is C14H10ClF5N2O2. The molecule has 0 spiro atoms. The summed E-state index contributed by atoms with van der Waals surface area (Å²) in [6, 6.07) is 2.54. The van der Waals surface area contributed by atoms with Gasteiger partial charge in [-0.1, -0.05) is 17.7 Å². The Morgan fingerprint density at radius 3 is 2.58 bits per heavy atom. The molecule has 1 aromatic carbocycles. The normalized spacial score (nSPS) is 11.8. The first-order valence-corrected chi connectivity index (χ1v) is 6.95. The fourth-order valence-electron chi connectivity index (χ4n) is 2.09. The Morgan fingerprint density at radius 2 is 2.04 bits per heavy atom. The predicted octanol–water partition coefficient (Wildman–Crippen LogP) is 4.57. The van der Waals surface area contributed by atoms with Gasteiger partial charge in [0.25, 0.3) is 5.78 Å². The Morgan fingerprint density at radius 1 is 1.38 bits per heavy atom. The molecule has 130 valence electrons. The van der Waals surface area contributed by atoms with Crippen LogP contribution in [-0.2, 0) is 6.54 Å². The van der Waals surface area contributed by atoms with Gasteiger partial charge in [0.2, 0.25) is 0 Å². The molecule has 2 aromatic rings. The fraction of sp³-hybridized carbons (Fsp3) is 0.286. The van der Waals surface area contributed by atoms with Crippen molar-refractivity contribution in [2.75, 3.05) is 0 Å². The number of aromatic nitrogens is 2. The van der Waals surface area contributed by atoms with Crippen LogP contribution < -0.4 is 4.74 Å². The van der Waals surface area contributed by atoms with Crippen molar-refractivity contribution in [1.29, 1.82) is 0 Å². The molecule has 0 radical (unpaired) electrons. The second-order valence-electron chi connectivity index (χ2n) is 4.57. The lowest BCUT2D eigenvalue weighted by Crippen LogP contribution is -2.22. The van der Waals surface area contributed by atoms with Crippen LogP contribution in [0, 0.1) is 0 Å². The van der Waals surface area contributed by atoms with Gasteiger partial charge in [0.05, 0.1) is 16.9 Å². The lowest BCUT2D eigenvalue weighted by molar-refractivity contribution is -0.0885. The number of nitrogens with zero attached hydrogens (tertiary/aromatic N) is 2. The molecule has 0 atom stereocenters. The summed E-state index contributed by atoms with van der Waals surface area (Å²) in [6.07, 6.45) is -3.87. The number of carbonyl (C=O) groups excluding carboxylic acids is 1. The average Bonchev–Trinajstić information content (AvgIpc) is 2.85. The van der Waals surface area contributed by atoms with Gasteiger partial charge in [-0.2, -0.15) is 27.1 Å². The van der Waals surface area contributed by atoms with E-state index in [0.717, 1.165) is 12.1 Å². The molecule has 1 aromatic heterocycles. The van der Waals surface area contributed by atoms with Crippen LogP contribution >= 0.6 is 11.6 Å². The van der Waals surface area contributed by atoms with Gasteiger partial charge in [-0.25, -0.2) is 0 Å². The zero-order valence-corrected chi connectivity index (χ0v) is 12.8. The van der Waals surface area contributed by atoms with Crippen LogP contribution in [0.25, 0.3) is 11.3 Å². The van der Waals surface area contributed by atoms with E-state index in [2.05, 4.69) is 9.84 Å². The highest BCUT2D eigenvalue weighted by atomic mass is 35.5. The molecule has 0 amide bonds. The third-order valence-electron chi connectivity index (χ3n) is 3.07. The van der Waals surface area contributed by atoms with E-state index in [0.29, 0.717) is 12.6 Å². The second-order valence-corrected chi connectivity index (χ2v) is 4.98. The molecular weight excluding hydrogens is 359 g/mol. The van der Waals surface area contributed by atoms with Crippen LogP contribution in [-0.4, -0.2) is 28.4 Å². The molecule has 10 heteroatoms. The number of carbonyl (C=O) groups is 1. The molecule has 0 fully saturated rings. The molecule has 0 aliphatic rings. The van der Waals surface area contributed by atoms with Crippen LogP contribution in [0.15, 0.2) is 24.4 Å². The Hall–Kier alpha value is -2.16. The maximum atomic E-state index is 12.6. The van der Waals surface area contributed by atoms with E-state index in [-0.39, 0.29) is 16.3 Å². The van der Waals surface area contributed by atoms with Crippen molar-refractivity contribution in [2.24, 2.45) is 0 Å². The highest BCUT2D eigenvalue weighted by molar-refractivity contribution is 6.33. The molecule has 0 bridgehead atoms. The van der Waals surface area contributed by atoms with Gasteiger partial charge in [-0.05, 0) is 19.1 Å². The number of ketones is 1. The minimum Gasteiger partial charge on any atom is -0.434 e. The standard InChI is InChI=1S/C14H10ClF5N2O2/c1-2-22-11(9(15)6-21-22)8-4-3-7(12(23)14(18,19)20)5-10(8)24-13(16)17/h3-6,13H,2H2,1H3. The summed E-state index contributed by atoms with van der Waals surface area (Å²) >= 11 is 5.97. The Kier molecular flexibility index (Phi) is 5.12. The molecule has 2 rings (SSSR count). The summed E-state index contributed by atoms with van der Waals surface area (Å²) in [6.45, 7) is -1.25. The third kappa shape index (κ3) is 3.66. The first kappa shape index (κ1) is 18.2. The summed E-state index contributed by atoms with van der Waals surface area (Å²) < 4.78 is 68.4. The molecule has 24 heavy (non-hydrogen) atoms. The summed E-state index contributed by atoms with van der Waals surface area (Å²) in [5.41, 5.74) is -0.625. The van der Waals surface area contributed by atoms with Gasteiger partial charge in [0, 0.05) is 17.7 Å². The average molecular weight is 369 g/mol. The number of benzene rings is 1. The zero-order chi connectivity index (χ0) is 18.1. The predicted molar refractivity (Wildman–Crippen MR) is 75.4 cm³/mol. The SMILES string of the molecule is CCn1ncc(Cl)c1-c1ccc(C(=O)C(F)(F)F)cc1OC(F)F. The third-order valence-corrected chi connectivity index (χ3v) is 3.34. The monoisotopic (exact) mass is 368 g/mol. The molecule has 0 N–H and O–H groups in total. The van der Waals surface area contributed by atoms with Crippen LogP contribution in [0.2, 0.25) is 5.02 Å². The van der Waals surface area contributed by atoms with E-state index >= 15 is 0 Å². The van der Waals surface area contributed by atoms with Crippen LogP contribution in [0.4, 0.5) is 22.0 Å². The summed E-state index contributed by atoms with van der Waals surface area (Å²) in [7, 11) is 0. The zero-order valence-electron chi connectivity index (χ0n) is 12.1. The quantitative estimate of drug-likeness (QED) is 0.573. The van der Waals surface area contributed by atoms with Crippen molar-refractivity contribution in [1.82, 2.24) is 9.78 Å². The minimum atomic E-state index is -5.13. The molecule has 0 aliphatic carbocycles. The lowest BCUT2D eigenvalue weighted by Gasteiger charge is -2.14. The fourth-order valence-corrected chi connectivity index (χ4v) is 2.33. The molecule has 0 saturated carbocycles. The van der Waals surface area contributed by atoms with E-state index < -0.39 is 29.9 Å². The van der Waals surface area contributed by atoms with Crippen molar-refractivity contribution < 1.29 is 31.5 Å². The Balaban J connectivity index is 2.60. The van der Waals surface area contributed by atoms with Crippen LogP contribution in [0.5, 0.6) is 5.75 Å². The van der Waals surface area contributed by atoms with Crippen molar-refractivity contribution in [3.05, 3.63) is 35.0 Å². The first-order valence-electron chi connectivity index (χ1n) is 6.57. The maximum absolute atomic E-state index is 12.6. The van der Waals surface area contributed by atoms with E-state index in [1.54, 1.807) is 6.92 Å². The highest BCUT2D eigenvalue weighted by Gasteiger charge is 2.39. The van der Waals surface area contributed by atoms with E-state index in [9.17, 15) is 26.7 Å². The smallest absolute Gasteiger partial charge is 0.434 e. The second kappa shape index (κ2) is 6.76. The topological polar surface area (TPSA) is 44.1 Å². The number of Topliss-reactive ketones (excluding diaryl/α,β-unsaturated/α-hetero) is 1. The number of aryl methyl sites for hydroxylation is 1. The largest absolute Gasteiger partial charge is 0.454 e. The molecule has 4 nitrogen and oxygen atoms in total. The van der Waals surface area contributed by atoms with Crippen molar-refractivity contribution in [2.45, 2.75) is 26.3 Å². The van der Waals surface area contributed by atoms with Gasteiger partial charge < -0.3 is 4.74 Å². The maximum Gasteiger partial charge on any atom is 0.454 e. The molecule has 0 unspecified atom stereocenters.